The SMILES string of the molecule is CCC/C(C#N)=C(/N)c1cc(C)ccc1[N+](=O)[O-]. The van der Waals surface area contributed by atoms with E-state index >= 15 is 0 Å². The Morgan fingerprint density at radius 1 is 1.56 bits per heavy atom. The second kappa shape index (κ2) is 5.82. The molecule has 0 bridgehead atoms. The van der Waals surface area contributed by atoms with Crippen molar-refractivity contribution in [1.82, 2.24) is 0 Å². The molecule has 0 atom stereocenters. The van der Waals surface area contributed by atoms with E-state index in [1.807, 2.05) is 19.9 Å². The molecule has 1 rings (SSSR count). The zero-order valence-electron chi connectivity index (χ0n) is 10.4. The molecular weight excluding hydrogens is 230 g/mol. The Hall–Kier alpha value is -2.35. The normalized spacial score (nSPS) is 11.6. The predicted molar refractivity (Wildman–Crippen MR) is 69.5 cm³/mol. The number of nitro groups is 1. The summed E-state index contributed by atoms with van der Waals surface area (Å²) >= 11 is 0. The van der Waals surface area contributed by atoms with Crippen molar-refractivity contribution in [2.45, 2.75) is 26.7 Å². The fourth-order valence-corrected chi connectivity index (χ4v) is 1.69. The van der Waals surface area contributed by atoms with Crippen molar-refractivity contribution in [3.63, 3.8) is 0 Å². The average Bonchev–Trinajstić information content (AvgIpc) is 2.34. The molecule has 0 aliphatic heterocycles. The summed E-state index contributed by atoms with van der Waals surface area (Å²) in [6.07, 6.45) is 1.29. The molecule has 18 heavy (non-hydrogen) atoms. The molecule has 0 spiro atoms. The fourth-order valence-electron chi connectivity index (χ4n) is 1.69. The first-order chi connectivity index (χ1) is 8.51. The number of nitrogens with zero attached hydrogens (tertiary/aromatic N) is 2. The van der Waals surface area contributed by atoms with Gasteiger partial charge in [-0.1, -0.05) is 19.4 Å². The number of hydrogen-bond acceptors (Lipinski definition) is 4. The minimum absolute atomic E-state index is 0.0676. The average molecular weight is 245 g/mol. The smallest absolute Gasteiger partial charge is 0.278 e. The molecule has 0 radical (unpaired) electrons. The van der Waals surface area contributed by atoms with Crippen LogP contribution in [0.15, 0.2) is 23.8 Å². The molecule has 0 amide bonds. The summed E-state index contributed by atoms with van der Waals surface area (Å²) in [5.41, 5.74) is 7.62. The molecule has 0 heterocycles. The highest BCUT2D eigenvalue weighted by atomic mass is 16.6. The van der Waals surface area contributed by atoms with Gasteiger partial charge in [-0.05, 0) is 25.0 Å². The van der Waals surface area contributed by atoms with Gasteiger partial charge in [-0.3, -0.25) is 10.1 Å². The van der Waals surface area contributed by atoms with Crippen molar-refractivity contribution in [2.75, 3.05) is 0 Å². The number of allylic oxidation sites excluding steroid dienone is 1. The molecular formula is C13H15N3O2. The van der Waals surface area contributed by atoms with Gasteiger partial charge in [-0.2, -0.15) is 5.26 Å². The summed E-state index contributed by atoms with van der Waals surface area (Å²) < 4.78 is 0. The standard InChI is InChI=1S/C13H15N3O2/c1-3-4-10(8-14)13(15)11-7-9(2)5-6-12(11)16(17)18/h5-7H,3-4,15H2,1-2H3/b13-10-. The van der Waals surface area contributed by atoms with Crippen molar-refractivity contribution in [3.05, 3.63) is 45.0 Å². The summed E-state index contributed by atoms with van der Waals surface area (Å²) in [6, 6.07) is 6.73. The molecule has 0 saturated carbocycles. The first-order valence-electron chi connectivity index (χ1n) is 5.65. The van der Waals surface area contributed by atoms with Crippen LogP contribution in [-0.2, 0) is 0 Å². The summed E-state index contributed by atoms with van der Waals surface area (Å²) in [5, 5.41) is 20.0. The van der Waals surface area contributed by atoms with Gasteiger partial charge in [0.2, 0.25) is 0 Å². The molecule has 5 nitrogen and oxygen atoms in total. The lowest BCUT2D eigenvalue weighted by Gasteiger charge is -2.07. The third-order valence-electron chi connectivity index (χ3n) is 2.60. The highest BCUT2D eigenvalue weighted by Gasteiger charge is 2.17. The Morgan fingerprint density at radius 2 is 2.22 bits per heavy atom. The molecule has 5 heteroatoms. The monoisotopic (exact) mass is 245 g/mol. The van der Waals surface area contributed by atoms with E-state index < -0.39 is 4.92 Å². The summed E-state index contributed by atoms with van der Waals surface area (Å²) in [4.78, 5) is 10.5. The van der Waals surface area contributed by atoms with E-state index in [9.17, 15) is 10.1 Å². The predicted octanol–water partition coefficient (Wildman–Crippen LogP) is 2.90. The number of nitrogens with two attached hydrogens (primary N) is 1. The summed E-state index contributed by atoms with van der Waals surface area (Å²) in [7, 11) is 0. The highest BCUT2D eigenvalue weighted by molar-refractivity contribution is 5.75. The van der Waals surface area contributed by atoms with E-state index in [4.69, 9.17) is 11.0 Å². The molecule has 0 aliphatic carbocycles. The van der Waals surface area contributed by atoms with E-state index in [1.165, 1.54) is 6.07 Å². The Kier molecular flexibility index (Phi) is 4.44. The zero-order valence-corrected chi connectivity index (χ0v) is 10.4. The maximum absolute atomic E-state index is 11.0. The van der Waals surface area contributed by atoms with E-state index in [-0.39, 0.29) is 11.4 Å². The van der Waals surface area contributed by atoms with Crippen LogP contribution < -0.4 is 5.73 Å². The van der Waals surface area contributed by atoms with E-state index in [1.54, 1.807) is 12.1 Å². The quantitative estimate of drug-likeness (QED) is 0.501. The number of hydrogen-bond donors (Lipinski definition) is 1. The molecule has 2 N–H and O–H groups in total. The van der Waals surface area contributed by atoms with Gasteiger partial charge in [0.15, 0.2) is 0 Å². The van der Waals surface area contributed by atoms with Crippen LogP contribution in [0.4, 0.5) is 5.69 Å². The van der Waals surface area contributed by atoms with Crippen LogP contribution in [0, 0.1) is 28.4 Å². The van der Waals surface area contributed by atoms with Crippen molar-refractivity contribution >= 4 is 11.4 Å². The molecule has 0 aliphatic rings. The van der Waals surface area contributed by atoms with Gasteiger partial charge >= 0.3 is 0 Å². The van der Waals surface area contributed by atoms with Gasteiger partial charge in [-0.15, -0.1) is 0 Å². The van der Waals surface area contributed by atoms with Gasteiger partial charge in [0.05, 0.1) is 27.8 Å². The van der Waals surface area contributed by atoms with Gasteiger partial charge in [0, 0.05) is 6.07 Å². The van der Waals surface area contributed by atoms with Gasteiger partial charge in [-0.25, -0.2) is 0 Å². The fraction of sp³-hybridized carbons (Fsp3) is 0.308. The number of nitriles is 1. The molecule has 1 aromatic rings. The van der Waals surface area contributed by atoms with E-state index in [0.29, 0.717) is 17.6 Å². The number of nitro benzene ring substituents is 1. The number of benzene rings is 1. The van der Waals surface area contributed by atoms with Gasteiger partial charge in [0.1, 0.15) is 0 Å². The summed E-state index contributed by atoms with van der Waals surface area (Å²) in [5.74, 6) is 0. The molecule has 0 unspecified atom stereocenters. The highest BCUT2D eigenvalue weighted by Crippen LogP contribution is 2.27. The third kappa shape index (κ3) is 2.86. The van der Waals surface area contributed by atoms with Crippen LogP contribution in [0.5, 0.6) is 0 Å². The van der Waals surface area contributed by atoms with Crippen LogP contribution in [-0.4, -0.2) is 4.92 Å². The van der Waals surface area contributed by atoms with E-state index in [2.05, 4.69) is 0 Å². The van der Waals surface area contributed by atoms with Crippen LogP contribution >= 0.6 is 0 Å². The Morgan fingerprint density at radius 3 is 2.72 bits per heavy atom. The molecule has 0 saturated heterocycles. The lowest BCUT2D eigenvalue weighted by molar-refractivity contribution is -0.385. The summed E-state index contributed by atoms with van der Waals surface area (Å²) in [6.45, 7) is 3.75. The Labute approximate surface area is 106 Å². The van der Waals surface area contributed by atoms with Crippen LogP contribution in [0.25, 0.3) is 5.70 Å². The minimum Gasteiger partial charge on any atom is -0.397 e. The van der Waals surface area contributed by atoms with Crippen molar-refractivity contribution in [2.24, 2.45) is 5.73 Å². The van der Waals surface area contributed by atoms with Crippen LogP contribution in [0.1, 0.15) is 30.9 Å². The van der Waals surface area contributed by atoms with E-state index in [0.717, 1.165) is 12.0 Å². The largest absolute Gasteiger partial charge is 0.397 e. The van der Waals surface area contributed by atoms with Gasteiger partial charge in [0.25, 0.3) is 5.69 Å². The number of aryl methyl sites for hydroxylation is 1. The lowest BCUT2D eigenvalue weighted by Crippen LogP contribution is -2.05. The molecule has 94 valence electrons. The van der Waals surface area contributed by atoms with Crippen molar-refractivity contribution in [3.8, 4) is 6.07 Å². The first kappa shape index (κ1) is 13.7. The van der Waals surface area contributed by atoms with Crippen LogP contribution in [0.2, 0.25) is 0 Å². The van der Waals surface area contributed by atoms with Gasteiger partial charge < -0.3 is 5.73 Å². The van der Waals surface area contributed by atoms with Crippen LogP contribution in [0.3, 0.4) is 0 Å². The molecule has 0 aromatic heterocycles. The molecule has 1 aromatic carbocycles. The Bertz CT molecular complexity index is 542. The topological polar surface area (TPSA) is 93.0 Å². The second-order valence-corrected chi connectivity index (χ2v) is 4.03. The Balaban J connectivity index is 3.44. The molecule has 0 fully saturated rings. The third-order valence-corrected chi connectivity index (χ3v) is 2.60. The minimum atomic E-state index is -0.484. The number of rotatable bonds is 4. The first-order valence-corrected chi connectivity index (χ1v) is 5.65. The maximum atomic E-state index is 11.0. The second-order valence-electron chi connectivity index (χ2n) is 4.03. The van der Waals surface area contributed by atoms with Crippen molar-refractivity contribution < 1.29 is 4.92 Å². The van der Waals surface area contributed by atoms with Crippen molar-refractivity contribution in [1.29, 1.82) is 5.26 Å². The maximum Gasteiger partial charge on any atom is 0.278 e. The lowest BCUT2D eigenvalue weighted by atomic mass is 10.0. The zero-order chi connectivity index (χ0) is 13.7.